The summed E-state index contributed by atoms with van der Waals surface area (Å²) in [5.74, 6) is 1.74. The third kappa shape index (κ3) is 4.84. The van der Waals surface area contributed by atoms with E-state index in [9.17, 15) is 0 Å². The van der Waals surface area contributed by atoms with Gasteiger partial charge in [-0.05, 0) is 58.7 Å². The molecule has 0 radical (unpaired) electrons. The van der Waals surface area contributed by atoms with E-state index in [1.54, 1.807) is 0 Å². The summed E-state index contributed by atoms with van der Waals surface area (Å²) < 4.78 is 0. The van der Waals surface area contributed by atoms with Crippen LogP contribution in [0.15, 0.2) is 0 Å². The predicted octanol–water partition coefficient (Wildman–Crippen LogP) is 2.69. The van der Waals surface area contributed by atoms with Crippen molar-refractivity contribution < 1.29 is 0 Å². The third-order valence-corrected chi connectivity index (χ3v) is 3.76. The van der Waals surface area contributed by atoms with Gasteiger partial charge in [-0.25, -0.2) is 0 Å². The van der Waals surface area contributed by atoms with Crippen LogP contribution in [-0.4, -0.2) is 49.1 Å². The Kier molecular flexibility index (Phi) is 5.77. The van der Waals surface area contributed by atoms with Gasteiger partial charge in [-0.15, -0.1) is 0 Å². The van der Waals surface area contributed by atoms with Gasteiger partial charge in [0, 0.05) is 19.1 Å². The minimum absolute atomic E-state index is 0.689. The van der Waals surface area contributed by atoms with Crippen molar-refractivity contribution in [1.29, 1.82) is 0 Å². The highest BCUT2D eigenvalue weighted by Crippen LogP contribution is 2.19. The van der Waals surface area contributed by atoms with Crippen LogP contribution in [0.5, 0.6) is 0 Å². The lowest BCUT2D eigenvalue weighted by Crippen LogP contribution is -2.40. The zero-order valence-electron chi connectivity index (χ0n) is 11.9. The molecule has 0 N–H and O–H groups in total. The fourth-order valence-corrected chi connectivity index (χ4v) is 2.49. The molecule has 0 aromatic heterocycles. The van der Waals surface area contributed by atoms with Crippen LogP contribution in [0, 0.1) is 11.8 Å². The average Bonchev–Trinajstić information content (AvgIpc) is 2.20. The van der Waals surface area contributed by atoms with Crippen LogP contribution in [0.3, 0.4) is 0 Å². The van der Waals surface area contributed by atoms with E-state index >= 15 is 0 Å². The molecule has 2 nitrogen and oxygen atoms in total. The summed E-state index contributed by atoms with van der Waals surface area (Å²) in [4.78, 5) is 5.12. The van der Waals surface area contributed by atoms with E-state index in [-0.39, 0.29) is 0 Å². The summed E-state index contributed by atoms with van der Waals surface area (Å²) in [6, 6.07) is 0.689. The molecule has 96 valence electrons. The van der Waals surface area contributed by atoms with Gasteiger partial charge in [0.2, 0.25) is 0 Å². The highest BCUT2D eigenvalue weighted by atomic mass is 15.1. The Labute approximate surface area is 102 Å². The van der Waals surface area contributed by atoms with E-state index in [0.29, 0.717) is 6.04 Å². The molecular weight excluding hydrogens is 196 g/mol. The molecule has 0 spiro atoms. The summed E-state index contributed by atoms with van der Waals surface area (Å²) in [7, 11) is 2.26. The van der Waals surface area contributed by atoms with E-state index in [1.807, 2.05) is 0 Å². The van der Waals surface area contributed by atoms with Crippen LogP contribution in [0.25, 0.3) is 0 Å². The highest BCUT2D eigenvalue weighted by Gasteiger charge is 2.21. The second-order valence-corrected chi connectivity index (χ2v) is 6.17. The lowest BCUT2D eigenvalue weighted by Gasteiger charge is -2.35. The molecule has 1 aliphatic rings. The Balaban J connectivity index is 2.21. The summed E-state index contributed by atoms with van der Waals surface area (Å²) >= 11 is 0. The number of nitrogens with zero attached hydrogens (tertiary/aromatic N) is 2. The Bertz CT molecular complexity index is 181. The quantitative estimate of drug-likeness (QED) is 0.711. The van der Waals surface area contributed by atoms with Crippen LogP contribution >= 0.6 is 0 Å². The Morgan fingerprint density at radius 3 is 2.12 bits per heavy atom. The first-order valence-electron chi connectivity index (χ1n) is 6.91. The molecule has 1 saturated heterocycles. The number of piperidine rings is 1. The van der Waals surface area contributed by atoms with E-state index in [4.69, 9.17) is 0 Å². The molecule has 0 aromatic carbocycles. The predicted molar refractivity (Wildman–Crippen MR) is 71.8 cm³/mol. The molecule has 0 atom stereocenters. The van der Waals surface area contributed by atoms with Crippen LogP contribution in [-0.2, 0) is 0 Å². The number of rotatable bonds is 5. The van der Waals surface area contributed by atoms with Gasteiger partial charge in [0.25, 0.3) is 0 Å². The normalized spacial score (nSPS) is 20.2. The van der Waals surface area contributed by atoms with E-state index in [1.165, 1.54) is 39.0 Å². The van der Waals surface area contributed by atoms with Crippen molar-refractivity contribution in [3.8, 4) is 0 Å². The molecular formula is C14H30N2. The van der Waals surface area contributed by atoms with E-state index in [0.717, 1.165) is 11.8 Å². The summed E-state index contributed by atoms with van der Waals surface area (Å²) in [6.45, 7) is 14.4. The minimum atomic E-state index is 0.689. The first-order valence-corrected chi connectivity index (χ1v) is 6.91. The van der Waals surface area contributed by atoms with Gasteiger partial charge in [0.15, 0.2) is 0 Å². The second-order valence-electron chi connectivity index (χ2n) is 6.17. The maximum atomic E-state index is 2.64. The van der Waals surface area contributed by atoms with Crippen LogP contribution < -0.4 is 0 Å². The molecule has 16 heavy (non-hydrogen) atoms. The van der Waals surface area contributed by atoms with E-state index < -0.39 is 0 Å². The summed E-state index contributed by atoms with van der Waals surface area (Å²) in [5, 5.41) is 0. The largest absolute Gasteiger partial charge is 0.304 e. The van der Waals surface area contributed by atoms with Gasteiger partial charge in [0.05, 0.1) is 0 Å². The van der Waals surface area contributed by atoms with Gasteiger partial charge < -0.3 is 9.80 Å². The molecule has 1 fully saturated rings. The molecule has 0 bridgehead atoms. The van der Waals surface area contributed by atoms with Crippen molar-refractivity contribution in [2.24, 2.45) is 11.8 Å². The maximum absolute atomic E-state index is 2.64. The van der Waals surface area contributed by atoms with Crippen molar-refractivity contribution >= 4 is 0 Å². The fourth-order valence-electron chi connectivity index (χ4n) is 2.49. The lowest BCUT2D eigenvalue weighted by atomic mass is 9.95. The van der Waals surface area contributed by atoms with Gasteiger partial charge in [-0.3, -0.25) is 0 Å². The lowest BCUT2D eigenvalue weighted by molar-refractivity contribution is 0.133. The van der Waals surface area contributed by atoms with Crippen LogP contribution in [0.1, 0.15) is 40.5 Å². The van der Waals surface area contributed by atoms with Gasteiger partial charge in [0.1, 0.15) is 0 Å². The average molecular weight is 226 g/mol. The Morgan fingerprint density at radius 2 is 1.69 bits per heavy atom. The molecule has 1 heterocycles. The monoisotopic (exact) mass is 226 g/mol. The van der Waals surface area contributed by atoms with Crippen molar-refractivity contribution in [2.75, 3.05) is 33.2 Å². The highest BCUT2D eigenvalue weighted by molar-refractivity contribution is 4.75. The number of hydrogen-bond acceptors (Lipinski definition) is 2. The maximum Gasteiger partial charge on any atom is 0.00356 e. The third-order valence-electron chi connectivity index (χ3n) is 3.76. The molecule has 0 aliphatic carbocycles. The zero-order chi connectivity index (χ0) is 12.1. The van der Waals surface area contributed by atoms with Gasteiger partial charge in [-0.2, -0.15) is 0 Å². The summed E-state index contributed by atoms with van der Waals surface area (Å²) in [6.07, 6.45) is 2.79. The molecule has 0 unspecified atom stereocenters. The van der Waals surface area contributed by atoms with Gasteiger partial charge >= 0.3 is 0 Å². The first-order chi connectivity index (χ1) is 7.49. The zero-order valence-corrected chi connectivity index (χ0v) is 11.9. The SMILES string of the molecule is CC(C)CN1CCC(CN(C)C(C)C)CC1. The fraction of sp³-hybridized carbons (Fsp3) is 1.00. The molecule has 0 saturated carbocycles. The van der Waals surface area contributed by atoms with Gasteiger partial charge in [-0.1, -0.05) is 13.8 Å². The van der Waals surface area contributed by atoms with Crippen LogP contribution in [0.2, 0.25) is 0 Å². The standard InChI is InChI=1S/C14H30N2/c1-12(2)10-16-8-6-14(7-9-16)11-15(5)13(3)4/h12-14H,6-11H2,1-5H3. The van der Waals surface area contributed by atoms with Crippen LogP contribution in [0.4, 0.5) is 0 Å². The van der Waals surface area contributed by atoms with Crippen molar-refractivity contribution in [3.63, 3.8) is 0 Å². The number of hydrogen-bond donors (Lipinski definition) is 0. The molecule has 0 amide bonds. The number of likely N-dealkylation sites (tertiary alicyclic amines) is 1. The topological polar surface area (TPSA) is 6.48 Å². The van der Waals surface area contributed by atoms with E-state index in [2.05, 4.69) is 44.5 Å². The molecule has 0 aromatic rings. The first kappa shape index (κ1) is 14.0. The molecule has 2 heteroatoms. The Hall–Kier alpha value is -0.0800. The second kappa shape index (κ2) is 6.61. The van der Waals surface area contributed by atoms with Crippen molar-refractivity contribution in [2.45, 2.75) is 46.6 Å². The summed E-state index contributed by atoms with van der Waals surface area (Å²) in [5.41, 5.74) is 0. The van der Waals surface area contributed by atoms with Crippen molar-refractivity contribution in [1.82, 2.24) is 9.80 Å². The molecule has 1 rings (SSSR count). The van der Waals surface area contributed by atoms with Crippen molar-refractivity contribution in [3.05, 3.63) is 0 Å². The molecule has 1 aliphatic heterocycles. The Morgan fingerprint density at radius 1 is 1.12 bits per heavy atom. The smallest absolute Gasteiger partial charge is 0.00356 e. The minimum Gasteiger partial charge on any atom is -0.304 e.